The maximum absolute atomic E-state index is 13.1. The number of fused-ring (bicyclic) bond motifs is 1. The summed E-state index contributed by atoms with van der Waals surface area (Å²) in [6, 6.07) is 24.4. The summed E-state index contributed by atoms with van der Waals surface area (Å²) in [5.74, 6) is 0.293. The number of benzene rings is 3. The number of hydrogen-bond acceptors (Lipinski definition) is 3. The van der Waals surface area contributed by atoms with E-state index in [-0.39, 0.29) is 17.4 Å². The Balaban J connectivity index is 1.68. The number of nitrogens with one attached hydrogen (secondary N) is 1. The summed E-state index contributed by atoms with van der Waals surface area (Å²) >= 11 is 0. The molecule has 3 aromatic carbocycles. The first-order chi connectivity index (χ1) is 14.6. The highest BCUT2D eigenvalue weighted by atomic mass is 16.2. The fourth-order valence-corrected chi connectivity index (χ4v) is 3.76. The van der Waals surface area contributed by atoms with Gasteiger partial charge in [0.1, 0.15) is 5.82 Å². The van der Waals surface area contributed by atoms with Gasteiger partial charge in [0.15, 0.2) is 0 Å². The van der Waals surface area contributed by atoms with Crippen molar-refractivity contribution in [2.45, 2.75) is 26.2 Å². The lowest BCUT2D eigenvalue weighted by atomic mass is 9.95. The normalized spacial score (nSPS) is 11.9. The van der Waals surface area contributed by atoms with E-state index in [4.69, 9.17) is 0 Å². The third-order valence-electron chi connectivity index (χ3n) is 5.24. The average molecular weight is 397 g/mol. The molecule has 0 spiro atoms. The smallest absolute Gasteiger partial charge is 0.265 e. The lowest BCUT2D eigenvalue weighted by molar-refractivity contribution is -0.117. The molecule has 1 amide bonds. The van der Waals surface area contributed by atoms with Crippen molar-refractivity contribution in [3.63, 3.8) is 0 Å². The zero-order valence-corrected chi connectivity index (χ0v) is 17.0. The van der Waals surface area contributed by atoms with Gasteiger partial charge in [-0.05, 0) is 49.2 Å². The van der Waals surface area contributed by atoms with Crippen LogP contribution in [0.4, 0.5) is 5.69 Å². The van der Waals surface area contributed by atoms with Crippen LogP contribution in [0.3, 0.4) is 0 Å². The van der Waals surface area contributed by atoms with E-state index in [0.717, 1.165) is 5.56 Å². The predicted octanol–water partition coefficient (Wildman–Crippen LogP) is 4.83. The second-order valence-corrected chi connectivity index (χ2v) is 7.23. The van der Waals surface area contributed by atoms with E-state index >= 15 is 0 Å². The third kappa shape index (κ3) is 3.74. The van der Waals surface area contributed by atoms with Crippen molar-refractivity contribution in [2.24, 2.45) is 0 Å². The third-order valence-corrected chi connectivity index (χ3v) is 5.24. The van der Waals surface area contributed by atoms with Gasteiger partial charge in [-0.1, -0.05) is 55.5 Å². The van der Waals surface area contributed by atoms with Gasteiger partial charge in [0, 0.05) is 5.69 Å². The molecule has 4 aromatic rings. The number of para-hydroxylation sites is 1. The molecule has 1 N–H and O–H groups in total. The fourth-order valence-electron chi connectivity index (χ4n) is 3.76. The Bertz CT molecular complexity index is 1260. The number of rotatable bonds is 5. The number of amides is 1. The van der Waals surface area contributed by atoms with Crippen molar-refractivity contribution in [1.29, 1.82) is 0 Å². The molecule has 0 aliphatic rings. The summed E-state index contributed by atoms with van der Waals surface area (Å²) in [7, 11) is 0. The molecule has 0 aliphatic heterocycles. The van der Waals surface area contributed by atoms with E-state index in [1.807, 2.05) is 80.6 Å². The quantitative estimate of drug-likeness (QED) is 0.525. The molecule has 0 radical (unpaired) electrons. The Labute approximate surface area is 175 Å². The summed E-state index contributed by atoms with van der Waals surface area (Å²) in [6.07, 6.45) is 0.697. The van der Waals surface area contributed by atoms with Crippen molar-refractivity contribution in [3.8, 4) is 5.69 Å². The molecule has 0 saturated heterocycles. The van der Waals surface area contributed by atoms with Gasteiger partial charge < -0.3 is 5.32 Å². The Morgan fingerprint density at radius 2 is 1.73 bits per heavy atom. The molecule has 1 atom stereocenters. The van der Waals surface area contributed by atoms with Gasteiger partial charge in [0.2, 0.25) is 5.91 Å². The molecule has 0 unspecified atom stereocenters. The second kappa shape index (κ2) is 8.33. The summed E-state index contributed by atoms with van der Waals surface area (Å²) in [4.78, 5) is 30.5. The van der Waals surface area contributed by atoms with Gasteiger partial charge in [-0.3, -0.25) is 14.2 Å². The standard InChI is InChI=1S/C25H23N3O2/c1-3-21(18-10-5-4-6-11-18)24(29)27-19-12-9-13-20(16-19)28-17(2)26-23-15-8-7-14-22(23)25(28)30/h4-16,21H,3H2,1-2H3,(H,27,29)/t21-/m0/s1. The predicted molar refractivity (Wildman–Crippen MR) is 120 cm³/mol. The maximum atomic E-state index is 13.1. The number of anilines is 1. The monoisotopic (exact) mass is 397 g/mol. The van der Waals surface area contributed by atoms with Crippen LogP contribution in [0, 0.1) is 6.92 Å². The van der Waals surface area contributed by atoms with Gasteiger partial charge in [0.25, 0.3) is 5.56 Å². The van der Waals surface area contributed by atoms with Crippen LogP contribution in [0.1, 0.15) is 30.7 Å². The van der Waals surface area contributed by atoms with Crippen LogP contribution < -0.4 is 10.9 Å². The zero-order valence-electron chi connectivity index (χ0n) is 17.0. The minimum Gasteiger partial charge on any atom is -0.325 e. The molecule has 0 fully saturated rings. The van der Waals surface area contributed by atoms with E-state index in [2.05, 4.69) is 10.3 Å². The Kier molecular flexibility index (Phi) is 5.44. The van der Waals surface area contributed by atoms with Crippen LogP contribution in [0.25, 0.3) is 16.6 Å². The molecule has 5 nitrogen and oxygen atoms in total. The van der Waals surface area contributed by atoms with E-state index in [0.29, 0.717) is 34.5 Å². The first-order valence-electron chi connectivity index (χ1n) is 10.0. The number of aryl methyl sites for hydroxylation is 1. The molecule has 0 aliphatic carbocycles. The number of aromatic nitrogens is 2. The molecule has 0 bridgehead atoms. The fraction of sp³-hybridized carbons (Fsp3) is 0.160. The van der Waals surface area contributed by atoms with Crippen molar-refractivity contribution in [1.82, 2.24) is 9.55 Å². The molecule has 0 saturated carbocycles. The van der Waals surface area contributed by atoms with Crippen molar-refractivity contribution >= 4 is 22.5 Å². The highest BCUT2D eigenvalue weighted by Gasteiger charge is 2.19. The minimum absolute atomic E-state index is 0.0680. The Morgan fingerprint density at radius 3 is 2.50 bits per heavy atom. The zero-order chi connectivity index (χ0) is 21.1. The van der Waals surface area contributed by atoms with E-state index in [9.17, 15) is 9.59 Å². The van der Waals surface area contributed by atoms with Crippen LogP contribution >= 0.6 is 0 Å². The van der Waals surface area contributed by atoms with Crippen LogP contribution in [-0.4, -0.2) is 15.5 Å². The Hall–Kier alpha value is -3.73. The maximum Gasteiger partial charge on any atom is 0.265 e. The van der Waals surface area contributed by atoms with E-state index < -0.39 is 0 Å². The van der Waals surface area contributed by atoms with Gasteiger partial charge in [0.05, 0.1) is 22.5 Å². The number of hydrogen-bond donors (Lipinski definition) is 1. The lowest BCUT2D eigenvalue weighted by Crippen LogP contribution is -2.23. The van der Waals surface area contributed by atoms with Crippen LogP contribution in [0.2, 0.25) is 0 Å². The molecule has 30 heavy (non-hydrogen) atoms. The lowest BCUT2D eigenvalue weighted by Gasteiger charge is -2.16. The number of nitrogens with zero attached hydrogens (tertiary/aromatic N) is 2. The molecular weight excluding hydrogens is 374 g/mol. The molecule has 150 valence electrons. The highest BCUT2D eigenvalue weighted by molar-refractivity contribution is 5.96. The summed E-state index contributed by atoms with van der Waals surface area (Å²) in [5, 5.41) is 3.57. The van der Waals surface area contributed by atoms with Crippen LogP contribution in [-0.2, 0) is 4.79 Å². The van der Waals surface area contributed by atoms with Crippen LogP contribution in [0.15, 0.2) is 83.7 Å². The molecule has 1 heterocycles. The van der Waals surface area contributed by atoms with Gasteiger partial charge in [-0.25, -0.2) is 4.98 Å². The van der Waals surface area contributed by atoms with E-state index in [1.54, 1.807) is 16.7 Å². The van der Waals surface area contributed by atoms with E-state index in [1.165, 1.54) is 0 Å². The number of carbonyl (C=O) groups excluding carboxylic acids is 1. The molecular formula is C25H23N3O2. The average Bonchev–Trinajstić information content (AvgIpc) is 2.75. The molecule has 1 aromatic heterocycles. The first-order valence-corrected chi connectivity index (χ1v) is 10.0. The van der Waals surface area contributed by atoms with Gasteiger partial charge in [-0.2, -0.15) is 0 Å². The number of carbonyl (C=O) groups is 1. The topological polar surface area (TPSA) is 64.0 Å². The van der Waals surface area contributed by atoms with Crippen molar-refractivity contribution in [2.75, 3.05) is 5.32 Å². The van der Waals surface area contributed by atoms with Crippen molar-refractivity contribution < 1.29 is 4.79 Å². The molecule has 5 heteroatoms. The SMILES string of the molecule is CC[C@H](C(=O)Nc1cccc(-n2c(C)nc3ccccc3c2=O)c1)c1ccccc1. The van der Waals surface area contributed by atoms with Gasteiger partial charge in [-0.15, -0.1) is 0 Å². The molecule has 4 rings (SSSR count). The largest absolute Gasteiger partial charge is 0.325 e. The highest BCUT2D eigenvalue weighted by Crippen LogP contribution is 2.23. The van der Waals surface area contributed by atoms with Crippen molar-refractivity contribution in [3.05, 3.63) is 101 Å². The summed E-state index contributed by atoms with van der Waals surface area (Å²) in [5.41, 5.74) is 2.85. The summed E-state index contributed by atoms with van der Waals surface area (Å²) < 4.78 is 1.58. The second-order valence-electron chi connectivity index (χ2n) is 7.23. The van der Waals surface area contributed by atoms with Gasteiger partial charge >= 0.3 is 0 Å². The summed E-state index contributed by atoms with van der Waals surface area (Å²) in [6.45, 7) is 3.80. The Morgan fingerprint density at radius 1 is 1.00 bits per heavy atom. The first kappa shape index (κ1) is 19.6. The minimum atomic E-state index is -0.235. The van der Waals surface area contributed by atoms with Crippen LogP contribution in [0.5, 0.6) is 0 Å².